The molecule has 0 aromatic carbocycles. The fraction of sp³-hybridized carbons (Fsp3) is 0.435. The highest BCUT2D eigenvalue weighted by molar-refractivity contribution is 7.15. The number of ether oxygens (including phenoxy) is 1. The van der Waals surface area contributed by atoms with Crippen LogP contribution in [0.5, 0.6) is 0 Å². The molecule has 1 saturated carbocycles. The number of aromatic nitrogens is 2. The number of halogens is 1. The Hall–Kier alpha value is -2.58. The number of fused-ring (bicyclic) bond motifs is 2. The van der Waals surface area contributed by atoms with Gasteiger partial charge in [0, 0.05) is 22.7 Å². The van der Waals surface area contributed by atoms with Crippen molar-refractivity contribution in [3.8, 4) is 10.6 Å². The molecular formula is C23H23FN2O4S. The number of pyridine rings is 2. The number of hydrogen-bond acceptors (Lipinski definition) is 6. The third kappa shape index (κ3) is 3.29. The van der Waals surface area contributed by atoms with E-state index in [0.717, 1.165) is 36.1 Å². The van der Waals surface area contributed by atoms with Crippen LogP contribution in [-0.2, 0) is 11.2 Å². The van der Waals surface area contributed by atoms with Gasteiger partial charge in [-0.2, -0.15) is 0 Å². The Labute approximate surface area is 182 Å². The van der Waals surface area contributed by atoms with Crippen molar-refractivity contribution in [3.05, 3.63) is 49.9 Å². The fourth-order valence-corrected chi connectivity index (χ4v) is 5.54. The number of hydrogen-bond donors (Lipinski definition) is 1. The Morgan fingerprint density at radius 3 is 2.84 bits per heavy atom. The zero-order chi connectivity index (χ0) is 21.9. The number of carbonyl (C=O) groups excluding carboxylic acids is 1. The van der Waals surface area contributed by atoms with Crippen LogP contribution in [0.3, 0.4) is 0 Å². The number of aryl methyl sites for hydroxylation is 2. The van der Waals surface area contributed by atoms with Crippen LogP contribution in [0.1, 0.15) is 71.1 Å². The molecule has 162 valence electrons. The van der Waals surface area contributed by atoms with E-state index in [1.54, 1.807) is 13.8 Å². The number of esters is 1. The van der Waals surface area contributed by atoms with Gasteiger partial charge < -0.3 is 14.4 Å². The molecule has 1 atom stereocenters. The summed E-state index contributed by atoms with van der Waals surface area (Å²) in [5.74, 6) is -1.27. The molecule has 1 fully saturated rings. The van der Waals surface area contributed by atoms with Gasteiger partial charge in [0.1, 0.15) is 16.9 Å². The van der Waals surface area contributed by atoms with E-state index in [0.29, 0.717) is 16.9 Å². The fourth-order valence-electron chi connectivity index (χ4n) is 4.32. The van der Waals surface area contributed by atoms with Crippen LogP contribution in [0.25, 0.3) is 21.6 Å². The van der Waals surface area contributed by atoms with Crippen molar-refractivity contribution in [1.82, 2.24) is 9.55 Å². The number of aliphatic hydroxyl groups is 1. The summed E-state index contributed by atoms with van der Waals surface area (Å²) in [5, 5.41) is 10.4. The molecule has 8 heteroatoms. The second-order valence-corrected chi connectivity index (χ2v) is 9.32. The first kappa shape index (κ1) is 20.3. The van der Waals surface area contributed by atoms with Gasteiger partial charge in [-0.3, -0.25) is 4.79 Å². The van der Waals surface area contributed by atoms with E-state index in [9.17, 15) is 14.7 Å². The van der Waals surface area contributed by atoms with Gasteiger partial charge in [0.2, 0.25) is 5.43 Å². The minimum absolute atomic E-state index is 0.0898. The van der Waals surface area contributed by atoms with Crippen molar-refractivity contribution in [3.63, 3.8) is 0 Å². The van der Waals surface area contributed by atoms with Gasteiger partial charge in [-0.25, -0.2) is 14.2 Å². The summed E-state index contributed by atoms with van der Waals surface area (Å²) >= 11 is 1.36. The molecular weight excluding hydrogens is 419 g/mol. The lowest BCUT2D eigenvalue weighted by Gasteiger charge is -2.16. The van der Waals surface area contributed by atoms with Crippen molar-refractivity contribution in [1.29, 1.82) is 0 Å². The monoisotopic (exact) mass is 442 g/mol. The first-order chi connectivity index (χ1) is 14.9. The number of rotatable bonds is 4. The highest BCUT2D eigenvalue weighted by atomic mass is 32.1. The molecule has 3 aromatic rings. The maximum Gasteiger partial charge on any atom is 0.343 e. The van der Waals surface area contributed by atoms with E-state index in [4.69, 9.17) is 4.74 Å². The quantitative estimate of drug-likeness (QED) is 0.604. The maximum absolute atomic E-state index is 15.5. The van der Waals surface area contributed by atoms with E-state index in [-0.39, 0.29) is 34.9 Å². The molecule has 0 aliphatic heterocycles. The van der Waals surface area contributed by atoms with Crippen LogP contribution in [-0.4, -0.2) is 27.2 Å². The lowest BCUT2D eigenvalue weighted by molar-refractivity contribution is 0.0524. The SMILES string of the molecule is CCOC(=O)c1cn(C2CC2)c2nc(-c3cc4c(s3)C(O)CCC4)c(F)c(C)c2c1=O. The highest BCUT2D eigenvalue weighted by Crippen LogP contribution is 2.42. The lowest BCUT2D eigenvalue weighted by atomic mass is 9.96. The highest BCUT2D eigenvalue weighted by Gasteiger charge is 2.31. The average molecular weight is 443 g/mol. The molecule has 3 aromatic heterocycles. The molecule has 2 aliphatic rings. The Bertz CT molecular complexity index is 1280. The minimum atomic E-state index is -0.701. The molecule has 31 heavy (non-hydrogen) atoms. The molecule has 0 bridgehead atoms. The zero-order valence-corrected chi connectivity index (χ0v) is 18.2. The number of thiophene rings is 1. The van der Waals surface area contributed by atoms with Crippen molar-refractivity contribution in [2.45, 2.75) is 58.1 Å². The van der Waals surface area contributed by atoms with Crippen molar-refractivity contribution in [2.75, 3.05) is 6.61 Å². The number of nitrogens with zero attached hydrogens (tertiary/aromatic N) is 2. The van der Waals surface area contributed by atoms with E-state index in [1.165, 1.54) is 17.5 Å². The minimum Gasteiger partial charge on any atom is -0.462 e. The Morgan fingerprint density at radius 2 is 2.16 bits per heavy atom. The Balaban J connectivity index is 1.76. The summed E-state index contributed by atoms with van der Waals surface area (Å²) in [4.78, 5) is 31.6. The summed E-state index contributed by atoms with van der Waals surface area (Å²) in [7, 11) is 0. The predicted octanol–water partition coefficient (Wildman–Crippen LogP) is 4.45. The molecule has 1 N–H and O–H groups in total. The molecule has 6 nitrogen and oxygen atoms in total. The second-order valence-electron chi connectivity index (χ2n) is 8.24. The number of aliphatic hydroxyl groups excluding tert-OH is 1. The van der Waals surface area contributed by atoms with E-state index in [1.807, 2.05) is 10.6 Å². The molecule has 3 heterocycles. The maximum atomic E-state index is 15.5. The summed E-state index contributed by atoms with van der Waals surface area (Å²) in [6.07, 6.45) is 5.26. The van der Waals surface area contributed by atoms with Crippen molar-refractivity contribution < 1.29 is 19.0 Å². The first-order valence-electron chi connectivity index (χ1n) is 10.6. The third-order valence-electron chi connectivity index (χ3n) is 6.07. The molecule has 2 aliphatic carbocycles. The Kier molecular flexibility index (Phi) is 4.94. The molecule has 0 spiro atoms. The first-order valence-corrected chi connectivity index (χ1v) is 11.5. The van der Waals surface area contributed by atoms with Gasteiger partial charge in [0.25, 0.3) is 0 Å². The van der Waals surface area contributed by atoms with E-state index >= 15 is 4.39 Å². The summed E-state index contributed by atoms with van der Waals surface area (Å²) in [6.45, 7) is 3.38. The van der Waals surface area contributed by atoms with Crippen LogP contribution < -0.4 is 5.43 Å². The van der Waals surface area contributed by atoms with Crippen LogP contribution in [0.4, 0.5) is 4.39 Å². The van der Waals surface area contributed by atoms with Gasteiger partial charge in [0.15, 0.2) is 5.82 Å². The predicted molar refractivity (Wildman–Crippen MR) is 116 cm³/mol. The summed E-state index contributed by atoms with van der Waals surface area (Å²) < 4.78 is 22.4. The van der Waals surface area contributed by atoms with Crippen LogP contribution in [0.15, 0.2) is 17.1 Å². The van der Waals surface area contributed by atoms with Gasteiger partial charge in [-0.15, -0.1) is 11.3 Å². The second kappa shape index (κ2) is 7.53. The average Bonchev–Trinajstić information content (AvgIpc) is 3.49. The van der Waals surface area contributed by atoms with E-state index < -0.39 is 23.3 Å². The summed E-state index contributed by atoms with van der Waals surface area (Å²) in [6, 6.07) is 2.03. The smallest absolute Gasteiger partial charge is 0.343 e. The largest absolute Gasteiger partial charge is 0.462 e. The van der Waals surface area contributed by atoms with Crippen LogP contribution in [0.2, 0.25) is 0 Å². The van der Waals surface area contributed by atoms with E-state index in [2.05, 4.69) is 4.98 Å². The van der Waals surface area contributed by atoms with Gasteiger partial charge in [-0.1, -0.05) is 0 Å². The van der Waals surface area contributed by atoms with Gasteiger partial charge in [0.05, 0.1) is 23.0 Å². The summed E-state index contributed by atoms with van der Waals surface area (Å²) in [5.41, 5.74) is 1.15. The number of carbonyl (C=O) groups is 1. The molecule has 0 saturated heterocycles. The lowest BCUT2D eigenvalue weighted by Crippen LogP contribution is -2.22. The molecule has 5 rings (SSSR count). The van der Waals surface area contributed by atoms with Crippen molar-refractivity contribution >= 4 is 28.3 Å². The van der Waals surface area contributed by atoms with Crippen molar-refractivity contribution in [2.24, 2.45) is 0 Å². The Morgan fingerprint density at radius 1 is 1.39 bits per heavy atom. The molecule has 0 amide bonds. The van der Waals surface area contributed by atoms with Crippen LogP contribution >= 0.6 is 11.3 Å². The molecule has 0 radical (unpaired) electrons. The van der Waals surface area contributed by atoms with Gasteiger partial charge in [-0.05, 0) is 57.6 Å². The normalized spacial score (nSPS) is 18.3. The van der Waals surface area contributed by atoms with Gasteiger partial charge >= 0.3 is 5.97 Å². The zero-order valence-electron chi connectivity index (χ0n) is 17.4. The van der Waals surface area contributed by atoms with Crippen LogP contribution in [0, 0.1) is 12.7 Å². The topological polar surface area (TPSA) is 81.4 Å². The standard InChI is InChI=1S/C23H23FN2O4S/c1-3-30-23(29)14-10-26(13-7-8-13)22-17(20(14)28)11(2)18(24)19(25-22)16-9-12-5-4-6-15(27)21(12)31-16/h9-10,13,15,27H,3-8H2,1-2H3. The third-order valence-corrected chi connectivity index (χ3v) is 7.36. The molecule has 1 unspecified atom stereocenters.